The standard InChI is InChI=1S/C21H18N2O4/c24-19(23-10-9-14-5-1-2-6-15(14)13-23)12-22-11-17-20(25)16-7-3-4-8-18(16)27-21(17)26/h1-8,11,25H,9-10,12-13H2. The molecular weight excluding hydrogens is 344 g/mol. The summed E-state index contributed by atoms with van der Waals surface area (Å²) in [4.78, 5) is 30.3. The first-order chi connectivity index (χ1) is 13.1. The van der Waals surface area contributed by atoms with E-state index in [1.165, 1.54) is 11.8 Å². The Balaban J connectivity index is 1.49. The third kappa shape index (κ3) is 3.33. The number of aromatic hydroxyl groups is 1. The number of fused-ring (bicyclic) bond motifs is 2. The predicted octanol–water partition coefficient (Wildman–Crippen LogP) is 2.50. The van der Waals surface area contributed by atoms with Gasteiger partial charge in [-0.1, -0.05) is 36.4 Å². The zero-order valence-corrected chi connectivity index (χ0v) is 14.6. The second-order valence-electron chi connectivity index (χ2n) is 6.45. The van der Waals surface area contributed by atoms with Crippen LogP contribution in [0.15, 0.2) is 62.7 Å². The molecule has 4 rings (SSSR count). The minimum Gasteiger partial charge on any atom is -0.506 e. The van der Waals surface area contributed by atoms with Crippen LogP contribution in [0.3, 0.4) is 0 Å². The number of aliphatic imine (C=N–C) groups is 1. The van der Waals surface area contributed by atoms with Gasteiger partial charge >= 0.3 is 5.63 Å². The van der Waals surface area contributed by atoms with Gasteiger partial charge < -0.3 is 14.4 Å². The molecule has 136 valence electrons. The zero-order valence-electron chi connectivity index (χ0n) is 14.6. The van der Waals surface area contributed by atoms with Gasteiger partial charge in [0, 0.05) is 19.3 Å². The van der Waals surface area contributed by atoms with Crippen LogP contribution < -0.4 is 5.63 Å². The lowest BCUT2D eigenvalue weighted by Gasteiger charge is -2.28. The maximum absolute atomic E-state index is 12.4. The van der Waals surface area contributed by atoms with Crippen molar-refractivity contribution in [1.29, 1.82) is 0 Å². The van der Waals surface area contributed by atoms with Crippen molar-refractivity contribution >= 4 is 23.1 Å². The van der Waals surface area contributed by atoms with E-state index in [-0.39, 0.29) is 23.8 Å². The fraction of sp³-hybridized carbons (Fsp3) is 0.190. The van der Waals surface area contributed by atoms with Crippen molar-refractivity contribution in [2.75, 3.05) is 13.1 Å². The summed E-state index contributed by atoms with van der Waals surface area (Å²) in [6.45, 7) is 1.12. The van der Waals surface area contributed by atoms with Crippen molar-refractivity contribution in [3.8, 4) is 5.75 Å². The number of carbonyl (C=O) groups is 1. The minimum absolute atomic E-state index is 0.0505. The van der Waals surface area contributed by atoms with Crippen molar-refractivity contribution in [2.45, 2.75) is 13.0 Å². The van der Waals surface area contributed by atoms with Crippen LogP contribution in [-0.2, 0) is 17.8 Å². The molecule has 2 aromatic carbocycles. The van der Waals surface area contributed by atoms with Crippen molar-refractivity contribution < 1.29 is 14.3 Å². The normalized spacial score (nSPS) is 13.9. The number of rotatable bonds is 3. The number of para-hydroxylation sites is 1. The fourth-order valence-electron chi connectivity index (χ4n) is 3.29. The lowest BCUT2D eigenvalue weighted by molar-refractivity contribution is -0.130. The second-order valence-corrected chi connectivity index (χ2v) is 6.45. The third-order valence-electron chi connectivity index (χ3n) is 4.75. The molecule has 27 heavy (non-hydrogen) atoms. The molecule has 0 saturated heterocycles. The molecule has 0 saturated carbocycles. The summed E-state index contributed by atoms with van der Waals surface area (Å²) in [6.07, 6.45) is 2.03. The van der Waals surface area contributed by atoms with Crippen molar-refractivity contribution in [3.05, 3.63) is 75.6 Å². The molecule has 1 aromatic heterocycles. The zero-order chi connectivity index (χ0) is 18.8. The number of carbonyl (C=O) groups excluding carboxylic acids is 1. The van der Waals surface area contributed by atoms with Gasteiger partial charge in [-0.25, -0.2) is 4.79 Å². The number of nitrogens with zero attached hydrogens (tertiary/aromatic N) is 2. The van der Waals surface area contributed by atoms with E-state index < -0.39 is 5.63 Å². The van der Waals surface area contributed by atoms with Crippen LogP contribution in [-0.4, -0.2) is 35.2 Å². The first-order valence-electron chi connectivity index (χ1n) is 8.72. The quantitative estimate of drug-likeness (QED) is 0.573. The SMILES string of the molecule is O=C(CN=Cc1c(O)c2ccccc2oc1=O)N1CCc2ccccc2C1. The molecule has 0 fully saturated rings. The molecule has 0 bridgehead atoms. The lowest BCUT2D eigenvalue weighted by Crippen LogP contribution is -2.37. The highest BCUT2D eigenvalue weighted by atomic mass is 16.4. The van der Waals surface area contributed by atoms with Gasteiger partial charge in [-0.15, -0.1) is 0 Å². The van der Waals surface area contributed by atoms with E-state index in [0.29, 0.717) is 24.1 Å². The Kier molecular flexibility index (Phi) is 4.46. The maximum atomic E-state index is 12.4. The molecule has 0 spiro atoms. The third-order valence-corrected chi connectivity index (χ3v) is 4.75. The van der Waals surface area contributed by atoms with Gasteiger partial charge in [0.25, 0.3) is 0 Å². The predicted molar refractivity (Wildman–Crippen MR) is 102 cm³/mol. The van der Waals surface area contributed by atoms with Gasteiger partial charge in [-0.05, 0) is 29.7 Å². The molecule has 1 aliphatic rings. The van der Waals surface area contributed by atoms with Gasteiger partial charge in [0.05, 0.1) is 5.39 Å². The highest BCUT2D eigenvalue weighted by Crippen LogP contribution is 2.25. The monoisotopic (exact) mass is 362 g/mol. The molecule has 0 atom stereocenters. The number of benzene rings is 2. The Hall–Kier alpha value is -3.41. The summed E-state index contributed by atoms with van der Waals surface area (Å²) in [5.74, 6) is -0.310. The summed E-state index contributed by atoms with van der Waals surface area (Å²) in [5, 5.41) is 10.7. The summed E-state index contributed by atoms with van der Waals surface area (Å²) >= 11 is 0. The molecule has 0 radical (unpaired) electrons. The highest BCUT2D eigenvalue weighted by Gasteiger charge is 2.20. The van der Waals surface area contributed by atoms with Gasteiger partial charge in [0.2, 0.25) is 5.91 Å². The fourth-order valence-corrected chi connectivity index (χ4v) is 3.29. The van der Waals surface area contributed by atoms with Gasteiger partial charge in [0.15, 0.2) is 0 Å². The minimum atomic E-state index is -0.686. The highest BCUT2D eigenvalue weighted by molar-refractivity contribution is 5.94. The number of hydrogen-bond donors (Lipinski definition) is 1. The summed E-state index contributed by atoms with van der Waals surface area (Å²) in [6, 6.07) is 14.8. The average Bonchev–Trinajstić information content (AvgIpc) is 2.70. The van der Waals surface area contributed by atoms with Gasteiger partial charge in [0.1, 0.15) is 23.4 Å². The van der Waals surface area contributed by atoms with E-state index in [1.807, 2.05) is 18.2 Å². The molecule has 0 unspecified atom stereocenters. The molecule has 1 aliphatic heterocycles. The smallest absolute Gasteiger partial charge is 0.348 e. The summed E-state index contributed by atoms with van der Waals surface area (Å²) < 4.78 is 5.18. The van der Waals surface area contributed by atoms with E-state index in [0.717, 1.165) is 12.0 Å². The lowest BCUT2D eigenvalue weighted by atomic mass is 10.00. The van der Waals surface area contributed by atoms with Crippen LogP contribution >= 0.6 is 0 Å². The molecular formula is C21H18N2O4. The number of hydrogen-bond acceptors (Lipinski definition) is 5. The molecule has 3 aromatic rings. The second kappa shape index (κ2) is 7.07. The van der Waals surface area contributed by atoms with Crippen LogP contribution in [0.5, 0.6) is 5.75 Å². The largest absolute Gasteiger partial charge is 0.506 e. The Bertz CT molecular complexity index is 1100. The van der Waals surface area contributed by atoms with E-state index in [2.05, 4.69) is 11.1 Å². The van der Waals surface area contributed by atoms with Crippen molar-refractivity contribution in [1.82, 2.24) is 4.90 Å². The van der Waals surface area contributed by atoms with Gasteiger partial charge in [-0.3, -0.25) is 9.79 Å². The van der Waals surface area contributed by atoms with E-state index >= 15 is 0 Å². The molecule has 6 nitrogen and oxygen atoms in total. The van der Waals surface area contributed by atoms with Gasteiger partial charge in [-0.2, -0.15) is 0 Å². The maximum Gasteiger partial charge on any atom is 0.348 e. The van der Waals surface area contributed by atoms with E-state index in [1.54, 1.807) is 29.2 Å². The molecule has 0 aliphatic carbocycles. The topological polar surface area (TPSA) is 83.1 Å². The summed E-state index contributed by atoms with van der Waals surface area (Å²) in [7, 11) is 0. The van der Waals surface area contributed by atoms with Crippen LogP contribution in [0.4, 0.5) is 0 Å². The van der Waals surface area contributed by atoms with Crippen molar-refractivity contribution in [2.24, 2.45) is 4.99 Å². The van der Waals surface area contributed by atoms with E-state index in [9.17, 15) is 14.7 Å². The van der Waals surface area contributed by atoms with Crippen LogP contribution in [0.25, 0.3) is 11.0 Å². The average molecular weight is 362 g/mol. The number of amides is 1. The molecule has 2 heterocycles. The van der Waals surface area contributed by atoms with E-state index in [4.69, 9.17) is 4.42 Å². The summed E-state index contributed by atoms with van der Waals surface area (Å²) in [5.41, 5.74) is 1.98. The van der Waals surface area contributed by atoms with Crippen molar-refractivity contribution in [3.63, 3.8) is 0 Å². The van der Waals surface area contributed by atoms with Crippen LogP contribution in [0.1, 0.15) is 16.7 Å². The Labute approximate surface area is 155 Å². The Morgan fingerprint density at radius 1 is 1.15 bits per heavy atom. The Morgan fingerprint density at radius 2 is 1.89 bits per heavy atom. The molecule has 1 amide bonds. The van der Waals surface area contributed by atoms with Crippen LogP contribution in [0.2, 0.25) is 0 Å². The molecule has 6 heteroatoms. The molecule has 1 N–H and O–H groups in total. The Morgan fingerprint density at radius 3 is 2.74 bits per heavy atom. The first kappa shape index (κ1) is 17.0. The first-order valence-corrected chi connectivity index (χ1v) is 8.72. The van der Waals surface area contributed by atoms with Crippen LogP contribution in [0, 0.1) is 0 Å².